The summed E-state index contributed by atoms with van der Waals surface area (Å²) in [6.07, 6.45) is 1.19. The second-order valence-electron chi connectivity index (χ2n) is 1.55. The Morgan fingerprint density at radius 1 is 1.57 bits per heavy atom. The zero-order valence-electron chi connectivity index (χ0n) is 5.20. The van der Waals surface area contributed by atoms with Gasteiger partial charge in [0.1, 0.15) is 7.28 Å². The number of nitrogens with one attached hydrogen (secondary N) is 1. The van der Waals surface area contributed by atoms with E-state index in [9.17, 15) is 0 Å². The first-order chi connectivity index (χ1) is 3.41. The summed E-state index contributed by atoms with van der Waals surface area (Å²) in [5, 5.41) is 3.22. The molecule has 0 aliphatic heterocycles. The van der Waals surface area contributed by atoms with Crippen LogP contribution in [0.15, 0.2) is 0 Å². The molecule has 2 heteroatoms. The molecule has 0 aromatic heterocycles. The first kappa shape index (κ1) is 7.02. The normalized spacial score (nSPS) is 8.86. The lowest BCUT2D eigenvalue weighted by Crippen LogP contribution is -2.14. The second-order valence-corrected chi connectivity index (χ2v) is 1.55. The van der Waals surface area contributed by atoms with E-state index in [2.05, 4.69) is 26.3 Å². The van der Waals surface area contributed by atoms with Crippen LogP contribution in [-0.4, -0.2) is 20.4 Å². The van der Waals surface area contributed by atoms with Crippen LogP contribution in [0.2, 0.25) is 13.1 Å². The summed E-state index contributed by atoms with van der Waals surface area (Å²) in [7, 11) is 2.17. The molecule has 0 rings (SSSR count). The van der Waals surface area contributed by atoms with Gasteiger partial charge in [0.2, 0.25) is 0 Å². The van der Waals surface area contributed by atoms with E-state index in [1.54, 1.807) is 0 Å². The zero-order valence-corrected chi connectivity index (χ0v) is 5.20. The van der Waals surface area contributed by atoms with Crippen LogP contribution < -0.4 is 5.32 Å². The van der Waals surface area contributed by atoms with Crippen molar-refractivity contribution in [2.24, 2.45) is 0 Å². The maximum absolute atomic E-state index is 3.22. The molecule has 0 atom stereocenters. The molecule has 0 aliphatic rings. The van der Waals surface area contributed by atoms with Crippen molar-refractivity contribution in [3.8, 4) is 0 Å². The number of hydrogen-bond acceptors (Lipinski definition) is 1. The summed E-state index contributed by atoms with van der Waals surface area (Å²) in [4.78, 5) is 0. The smallest absolute Gasteiger partial charge is 0.107 e. The van der Waals surface area contributed by atoms with Crippen LogP contribution in [0.4, 0.5) is 0 Å². The third-order valence-corrected chi connectivity index (χ3v) is 0.860. The summed E-state index contributed by atoms with van der Waals surface area (Å²) in [6.45, 7) is 6.42. The van der Waals surface area contributed by atoms with Gasteiger partial charge in [-0.15, -0.1) is 0 Å². The quantitative estimate of drug-likeness (QED) is 0.404. The van der Waals surface area contributed by atoms with Crippen molar-refractivity contribution >= 4 is 7.28 Å². The van der Waals surface area contributed by atoms with Gasteiger partial charge in [0, 0.05) is 0 Å². The lowest BCUT2D eigenvalue weighted by molar-refractivity contribution is 0.760. The van der Waals surface area contributed by atoms with E-state index >= 15 is 0 Å². The SMILES string of the molecule is C[B]CCNCC. The van der Waals surface area contributed by atoms with Crippen LogP contribution in [0.25, 0.3) is 0 Å². The van der Waals surface area contributed by atoms with E-state index in [-0.39, 0.29) is 0 Å². The first-order valence-corrected chi connectivity index (χ1v) is 2.90. The van der Waals surface area contributed by atoms with Crippen molar-refractivity contribution in [1.29, 1.82) is 0 Å². The van der Waals surface area contributed by atoms with Crippen molar-refractivity contribution in [3.05, 3.63) is 0 Å². The molecule has 0 saturated carbocycles. The Labute approximate surface area is 46.7 Å². The third kappa shape index (κ3) is 6.02. The van der Waals surface area contributed by atoms with Crippen LogP contribution in [0, 0.1) is 0 Å². The lowest BCUT2D eigenvalue weighted by atomic mass is 9.78. The molecule has 7 heavy (non-hydrogen) atoms. The summed E-state index contributed by atoms with van der Waals surface area (Å²) < 4.78 is 0. The summed E-state index contributed by atoms with van der Waals surface area (Å²) in [5.74, 6) is 0. The fraction of sp³-hybridized carbons (Fsp3) is 1.00. The van der Waals surface area contributed by atoms with Gasteiger partial charge in [-0.3, -0.25) is 0 Å². The van der Waals surface area contributed by atoms with Gasteiger partial charge in [-0.2, -0.15) is 0 Å². The monoisotopic (exact) mass is 98.1 g/mol. The van der Waals surface area contributed by atoms with Crippen molar-refractivity contribution < 1.29 is 0 Å². The fourth-order valence-corrected chi connectivity index (χ4v) is 0.423. The zero-order chi connectivity index (χ0) is 5.54. The van der Waals surface area contributed by atoms with Gasteiger partial charge in [0.25, 0.3) is 0 Å². The molecule has 0 aromatic carbocycles. The van der Waals surface area contributed by atoms with Crippen LogP contribution in [0.5, 0.6) is 0 Å². The fourth-order valence-electron chi connectivity index (χ4n) is 0.423. The summed E-state index contributed by atoms with van der Waals surface area (Å²) in [5.41, 5.74) is 0. The van der Waals surface area contributed by atoms with Gasteiger partial charge in [0.05, 0.1) is 0 Å². The third-order valence-electron chi connectivity index (χ3n) is 0.860. The van der Waals surface area contributed by atoms with E-state index in [1.165, 1.54) is 6.32 Å². The molecule has 0 bridgehead atoms. The van der Waals surface area contributed by atoms with E-state index in [0.717, 1.165) is 13.1 Å². The number of hydrogen-bond donors (Lipinski definition) is 1. The molecule has 0 aliphatic carbocycles. The Morgan fingerprint density at radius 2 is 2.29 bits per heavy atom. The molecular formula is C5H13BN. The van der Waals surface area contributed by atoms with Gasteiger partial charge >= 0.3 is 0 Å². The van der Waals surface area contributed by atoms with E-state index in [4.69, 9.17) is 0 Å². The van der Waals surface area contributed by atoms with E-state index < -0.39 is 0 Å². The van der Waals surface area contributed by atoms with Crippen LogP contribution in [0.1, 0.15) is 6.92 Å². The van der Waals surface area contributed by atoms with Gasteiger partial charge in [-0.1, -0.05) is 20.1 Å². The Balaban J connectivity index is 2.45. The maximum Gasteiger partial charge on any atom is 0.107 e. The molecule has 1 radical (unpaired) electrons. The minimum Gasteiger partial charge on any atom is -0.318 e. The Morgan fingerprint density at radius 3 is 2.71 bits per heavy atom. The van der Waals surface area contributed by atoms with Crippen LogP contribution >= 0.6 is 0 Å². The molecule has 1 nitrogen and oxygen atoms in total. The topological polar surface area (TPSA) is 12.0 Å². The molecule has 0 heterocycles. The summed E-state index contributed by atoms with van der Waals surface area (Å²) >= 11 is 0. The molecule has 1 N–H and O–H groups in total. The largest absolute Gasteiger partial charge is 0.318 e. The van der Waals surface area contributed by atoms with Gasteiger partial charge < -0.3 is 5.32 Å². The average Bonchev–Trinajstić information content (AvgIpc) is 1.69. The van der Waals surface area contributed by atoms with Gasteiger partial charge in [-0.25, -0.2) is 0 Å². The molecule has 0 fully saturated rings. The average molecular weight is 98.0 g/mol. The van der Waals surface area contributed by atoms with Crippen molar-refractivity contribution in [1.82, 2.24) is 5.32 Å². The summed E-state index contributed by atoms with van der Waals surface area (Å²) in [6, 6.07) is 0. The molecule has 0 spiro atoms. The van der Waals surface area contributed by atoms with Crippen molar-refractivity contribution in [2.45, 2.75) is 20.1 Å². The maximum atomic E-state index is 3.22. The van der Waals surface area contributed by atoms with Crippen molar-refractivity contribution in [2.75, 3.05) is 13.1 Å². The molecule has 0 saturated heterocycles. The van der Waals surface area contributed by atoms with Gasteiger partial charge in [0.15, 0.2) is 0 Å². The highest BCUT2D eigenvalue weighted by atomic mass is 14.8. The molecule has 0 aromatic rings. The van der Waals surface area contributed by atoms with Gasteiger partial charge in [-0.05, 0) is 13.1 Å². The highest BCUT2D eigenvalue weighted by molar-refractivity contribution is 6.33. The molecule has 41 valence electrons. The van der Waals surface area contributed by atoms with Crippen LogP contribution in [-0.2, 0) is 0 Å². The van der Waals surface area contributed by atoms with E-state index in [0.29, 0.717) is 0 Å². The molecule has 0 amide bonds. The standard InChI is InChI=1S/C5H13BN/c1-3-7-5-4-6-2/h7H,3-5H2,1-2H3. The highest BCUT2D eigenvalue weighted by Gasteiger charge is 1.79. The molecular weight excluding hydrogens is 84.9 g/mol. The predicted molar refractivity (Wildman–Crippen MR) is 35.0 cm³/mol. The Kier molecular flexibility index (Phi) is 6.05. The van der Waals surface area contributed by atoms with E-state index in [1.807, 2.05) is 0 Å². The lowest BCUT2D eigenvalue weighted by Gasteiger charge is -1.94. The predicted octanol–water partition coefficient (Wildman–Crippen LogP) is 0.766. The molecule has 0 unspecified atom stereocenters. The second kappa shape index (κ2) is 6.02. The van der Waals surface area contributed by atoms with Crippen molar-refractivity contribution in [3.63, 3.8) is 0 Å². The Bertz CT molecular complexity index is 27.3. The number of rotatable bonds is 4. The first-order valence-electron chi connectivity index (χ1n) is 2.90. The Hall–Kier alpha value is 0.0249. The van der Waals surface area contributed by atoms with Crippen LogP contribution in [0.3, 0.4) is 0 Å². The minimum atomic E-state index is 1.09. The minimum absolute atomic E-state index is 1.09. The highest BCUT2D eigenvalue weighted by Crippen LogP contribution is 1.70.